The van der Waals surface area contributed by atoms with Crippen LogP contribution in [0.2, 0.25) is 0 Å². The van der Waals surface area contributed by atoms with Crippen molar-refractivity contribution in [3.63, 3.8) is 0 Å². The Bertz CT molecular complexity index is 330. The predicted molar refractivity (Wildman–Crippen MR) is 48.1 cm³/mol. The van der Waals surface area contributed by atoms with Crippen LogP contribution < -0.4 is 5.32 Å². The number of hydrogen-bond donors (Lipinski definition) is 1. The van der Waals surface area contributed by atoms with Crippen molar-refractivity contribution in [1.29, 1.82) is 0 Å². The first kappa shape index (κ1) is 7.97. The van der Waals surface area contributed by atoms with E-state index in [4.69, 9.17) is 0 Å². The Labute approximate surface area is 75.0 Å². The summed E-state index contributed by atoms with van der Waals surface area (Å²) in [6.07, 6.45) is 5.83. The van der Waals surface area contributed by atoms with Crippen molar-refractivity contribution in [3.8, 4) is 0 Å². The van der Waals surface area contributed by atoms with Gasteiger partial charge < -0.3 is 5.32 Å². The monoisotopic (exact) mass is 179 g/mol. The summed E-state index contributed by atoms with van der Waals surface area (Å²) >= 11 is 0. The zero-order valence-electron chi connectivity index (χ0n) is 6.93. The Balaban J connectivity index is 2.41. The van der Waals surface area contributed by atoms with E-state index < -0.39 is 0 Å². The molecule has 0 aromatic rings. The summed E-state index contributed by atoms with van der Waals surface area (Å²) in [5.74, 6) is 0. The standard InChI is InChI=1S/C8H9N3O2/c12-11(13)7-3-1-2-6-8(7)10-5-4-9-6/h1,3-4,6,10H,2,5H2/t6-/m0/s1. The van der Waals surface area contributed by atoms with Crippen LogP contribution in [0.1, 0.15) is 6.42 Å². The van der Waals surface area contributed by atoms with Gasteiger partial charge in [-0.3, -0.25) is 15.1 Å². The number of aliphatic imine (C=N–C) groups is 1. The summed E-state index contributed by atoms with van der Waals surface area (Å²) in [6.45, 7) is 0.580. The van der Waals surface area contributed by atoms with Gasteiger partial charge in [-0.1, -0.05) is 6.08 Å². The molecule has 5 heteroatoms. The SMILES string of the molecule is O=[N+]([O-])C1=C2NCC=N[C@H]2CC=C1. The molecule has 13 heavy (non-hydrogen) atoms. The Morgan fingerprint density at radius 1 is 1.69 bits per heavy atom. The quantitative estimate of drug-likeness (QED) is 0.470. The first-order chi connectivity index (χ1) is 6.29. The molecule has 1 aliphatic heterocycles. The van der Waals surface area contributed by atoms with Gasteiger partial charge in [0.25, 0.3) is 5.70 Å². The van der Waals surface area contributed by atoms with Crippen molar-refractivity contribution in [2.24, 2.45) is 4.99 Å². The molecule has 2 aliphatic rings. The molecule has 0 saturated heterocycles. The lowest BCUT2D eigenvalue weighted by atomic mass is 10.0. The van der Waals surface area contributed by atoms with E-state index in [9.17, 15) is 10.1 Å². The molecule has 0 amide bonds. The van der Waals surface area contributed by atoms with Crippen LogP contribution in [0.25, 0.3) is 0 Å². The number of fused-ring (bicyclic) bond motifs is 1. The number of rotatable bonds is 1. The van der Waals surface area contributed by atoms with Gasteiger partial charge in [0.1, 0.15) is 5.70 Å². The maximum Gasteiger partial charge on any atom is 0.290 e. The second-order valence-corrected chi connectivity index (χ2v) is 2.92. The molecule has 1 N–H and O–H groups in total. The van der Waals surface area contributed by atoms with Crippen molar-refractivity contribution in [2.45, 2.75) is 12.5 Å². The topological polar surface area (TPSA) is 67.5 Å². The van der Waals surface area contributed by atoms with E-state index in [2.05, 4.69) is 10.3 Å². The highest BCUT2D eigenvalue weighted by molar-refractivity contribution is 5.63. The first-order valence-electron chi connectivity index (χ1n) is 4.09. The molecule has 0 aromatic heterocycles. The number of hydrogen-bond acceptors (Lipinski definition) is 4. The van der Waals surface area contributed by atoms with Crippen molar-refractivity contribution in [2.75, 3.05) is 6.54 Å². The zero-order chi connectivity index (χ0) is 9.26. The summed E-state index contributed by atoms with van der Waals surface area (Å²) in [5.41, 5.74) is 0.795. The van der Waals surface area contributed by atoms with Gasteiger partial charge in [0, 0.05) is 18.8 Å². The van der Waals surface area contributed by atoms with Crippen molar-refractivity contribution >= 4 is 6.21 Å². The highest BCUT2D eigenvalue weighted by Gasteiger charge is 2.27. The molecule has 1 aliphatic carbocycles. The molecule has 0 aromatic carbocycles. The molecule has 2 rings (SSSR count). The van der Waals surface area contributed by atoms with Crippen LogP contribution in [-0.4, -0.2) is 23.7 Å². The van der Waals surface area contributed by atoms with E-state index in [1.807, 2.05) is 0 Å². The predicted octanol–water partition coefficient (Wildman–Crippen LogP) is 0.477. The molecule has 0 spiro atoms. The van der Waals surface area contributed by atoms with E-state index in [0.29, 0.717) is 12.2 Å². The van der Waals surface area contributed by atoms with Gasteiger partial charge in [0.05, 0.1) is 11.0 Å². The zero-order valence-corrected chi connectivity index (χ0v) is 6.93. The van der Waals surface area contributed by atoms with Crippen molar-refractivity contribution in [1.82, 2.24) is 5.32 Å². The Kier molecular flexibility index (Phi) is 1.84. The normalized spacial score (nSPS) is 25.4. The minimum atomic E-state index is -0.369. The van der Waals surface area contributed by atoms with Crippen LogP contribution in [0.3, 0.4) is 0 Å². The van der Waals surface area contributed by atoms with Crippen LogP contribution >= 0.6 is 0 Å². The van der Waals surface area contributed by atoms with Crippen LogP contribution in [0, 0.1) is 10.1 Å². The molecule has 0 fully saturated rings. The summed E-state index contributed by atoms with van der Waals surface area (Å²) in [5, 5.41) is 13.6. The van der Waals surface area contributed by atoms with Crippen molar-refractivity contribution < 1.29 is 4.92 Å². The molecule has 0 radical (unpaired) electrons. The second-order valence-electron chi connectivity index (χ2n) is 2.92. The second kappa shape index (κ2) is 3.01. The highest BCUT2D eigenvalue weighted by Crippen LogP contribution is 2.21. The van der Waals surface area contributed by atoms with Gasteiger partial charge in [0.2, 0.25) is 0 Å². The third kappa shape index (κ3) is 1.32. The van der Waals surface area contributed by atoms with Crippen molar-refractivity contribution in [3.05, 3.63) is 33.7 Å². The van der Waals surface area contributed by atoms with E-state index >= 15 is 0 Å². The number of allylic oxidation sites excluding steroid dienone is 1. The molecule has 0 unspecified atom stereocenters. The van der Waals surface area contributed by atoms with Gasteiger partial charge in [-0.15, -0.1) is 0 Å². The van der Waals surface area contributed by atoms with E-state index in [0.717, 1.165) is 6.42 Å². The average Bonchev–Trinajstić information content (AvgIpc) is 2.17. The van der Waals surface area contributed by atoms with Crippen LogP contribution in [0.15, 0.2) is 28.5 Å². The summed E-state index contributed by atoms with van der Waals surface area (Å²) < 4.78 is 0. The molecule has 1 heterocycles. The minimum absolute atomic E-state index is 0.0702. The Hall–Kier alpha value is -1.65. The van der Waals surface area contributed by atoms with Crippen LogP contribution in [0.5, 0.6) is 0 Å². The highest BCUT2D eigenvalue weighted by atomic mass is 16.6. The smallest absolute Gasteiger partial charge is 0.290 e. The van der Waals surface area contributed by atoms with E-state index in [-0.39, 0.29) is 16.7 Å². The van der Waals surface area contributed by atoms with Crippen LogP contribution in [0.4, 0.5) is 0 Å². The van der Waals surface area contributed by atoms with Gasteiger partial charge in [0.15, 0.2) is 0 Å². The minimum Gasteiger partial charge on any atom is -0.376 e. The molecular weight excluding hydrogens is 170 g/mol. The fourth-order valence-corrected chi connectivity index (χ4v) is 1.53. The van der Waals surface area contributed by atoms with E-state index in [1.165, 1.54) is 0 Å². The van der Waals surface area contributed by atoms with Gasteiger partial charge in [-0.2, -0.15) is 0 Å². The molecular formula is C8H9N3O2. The summed E-state index contributed by atoms with van der Waals surface area (Å²) in [6, 6.07) is -0.0702. The van der Waals surface area contributed by atoms with Gasteiger partial charge in [-0.05, 0) is 6.42 Å². The molecule has 0 saturated carbocycles. The number of nitrogens with one attached hydrogen (secondary N) is 1. The van der Waals surface area contributed by atoms with Gasteiger partial charge in [-0.25, -0.2) is 0 Å². The summed E-state index contributed by atoms with van der Waals surface area (Å²) in [4.78, 5) is 14.4. The molecule has 0 bridgehead atoms. The lowest BCUT2D eigenvalue weighted by molar-refractivity contribution is -0.421. The molecule has 68 valence electrons. The largest absolute Gasteiger partial charge is 0.376 e. The van der Waals surface area contributed by atoms with E-state index in [1.54, 1.807) is 18.4 Å². The van der Waals surface area contributed by atoms with Crippen LogP contribution in [-0.2, 0) is 0 Å². The Morgan fingerprint density at radius 3 is 3.31 bits per heavy atom. The Morgan fingerprint density at radius 2 is 2.54 bits per heavy atom. The fourth-order valence-electron chi connectivity index (χ4n) is 1.53. The molecule has 1 atom stereocenters. The molecule has 5 nitrogen and oxygen atoms in total. The third-order valence-electron chi connectivity index (χ3n) is 2.11. The third-order valence-corrected chi connectivity index (χ3v) is 2.11. The number of nitrogens with zero attached hydrogens (tertiary/aromatic N) is 2. The lowest BCUT2D eigenvalue weighted by Gasteiger charge is -2.21. The lowest BCUT2D eigenvalue weighted by Crippen LogP contribution is -2.33. The number of nitro groups is 1. The first-order valence-corrected chi connectivity index (χ1v) is 4.09. The average molecular weight is 179 g/mol. The maximum atomic E-state index is 10.6. The maximum absolute atomic E-state index is 10.6. The summed E-state index contributed by atoms with van der Waals surface area (Å²) in [7, 11) is 0. The van der Waals surface area contributed by atoms with Gasteiger partial charge >= 0.3 is 0 Å². The fraction of sp³-hybridized carbons (Fsp3) is 0.375.